The van der Waals surface area contributed by atoms with E-state index in [-0.39, 0.29) is 0 Å². The van der Waals surface area contributed by atoms with Gasteiger partial charge in [0.15, 0.2) is 0 Å². The lowest BCUT2D eigenvalue weighted by Gasteiger charge is -2.12. The minimum atomic E-state index is 0.562. The van der Waals surface area contributed by atoms with E-state index >= 15 is 0 Å². The summed E-state index contributed by atoms with van der Waals surface area (Å²) >= 11 is 0. The Labute approximate surface area is 123 Å². The number of aromatic nitrogens is 2. The molecule has 0 radical (unpaired) electrons. The maximum atomic E-state index is 5.37. The van der Waals surface area contributed by atoms with Gasteiger partial charge in [0.1, 0.15) is 29.0 Å². The van der Waals surface area contributed by atoms with Crippen LogP contribution >= 0.6 is 0 Å². The van der Waals surface area contributed by atoms with E-state index in [4.69, 9.17) is 15.3 Å². The second-order valence-corrected chi connectivity index (χ2v) is 4.36. The molecular formula is C14H19N5O2. The quantitative estimate of drug-likeness (QED) is 0.550. The van der Waals surface area contributed by atoms with Crippen LogP contribution in [0.2, 0.25) is 0 Å². The average Bonchev–Trinajstić information content (AvgIpc) is 2.52. The summed E-state index contributed by atoms with van der Waals surface area (Å²) in [5, 5.41) is 3.22. The molecule has 0 atom stereocenters. The maximum Gasteiger partial charge on any atom is 0.145 e. The summed E-state index contributed by atoms with van der Waals surface area (Å²) in [5.74, 6) is 8.76. The van der Waals surface area contributed by atoms with Crippen LogP contribution in [-0.2, 0) is 6.54 Å². The van der Waals surface area contributed by atoms with E-state index in [1.165, 1.54) is 0 Å². The molecule has 1 heterocycles. The van der Waals surface area contributed by atoms with Gasteiger partial charge < -0.3 is 20.2 Å². The van der Waals surface area contributed by atoms with Gasteiger partial charge in [-0.1, -0.05) is 0 Å². The second-order valence-electron chi connectivity index (χ2n) is 4.36. The Kier molecular flexibility index (Phi) is 4.78. The summed E-state index contributed by atoms with van der Waals surface area (Å²) < 4.78 is 10.5. The highest BCUT2D eigenvalue weighted by Crippen LogP contribution is 2.25. The number of nitrogens with zero attached hydrogens (tertiary/aromatic N) is 2. The van der Waals surface area contributed by atoms with Gasteiger partial charge in [0, 0.05) is 24.2 Å². The largest absolute Gasteiger partial charge is 0.497 e. The Hall–Kier alpha value is -2.54. The Morgan fingerprint density at radius 1 is 1.10 bits per heavy atom. The van der Waals surface area contributed by atoms with Crippen molar-refractivity contribution < 1.29 is 9.47 Å². The second kappa shape index (κ2) is 6.76. The number of aryl methyl sites for hydroxylation is 1. The van der Waals surface area contributed by atoms with Crippen LogP contribution in [-0.4, -0.2) is 24.2 Å². The average molecular weight is 289 g/mol. The van der Waals surface area contributed by atoms with Crippen molar-refractivity contribution in [2.75, 3.05) is 25.0 Å². The topological polar surface area (TPSA) is 94.3 Å². The standard InChI is InChI=1S/C14H19N5O2/c1-9-17-13(7-14(18-9)19-15)16-8-10-4-5-11(20-2)6-12(10)21-3/h4-7H,8,15H2,1-3H3,(H2,16,17,18,19). The van der Waals surface area contributed by atoms with Crippen LogP contribution < -0.4 is 26.1 Å². The summed E-state index contributed by atoms with van der Waals surface area (Å²) in [5.41, 5.74) is 3.51. The van der Waals surface area contributed by atoms with E-state index in [1.807, 2.05) is 18.2 Å². The van der Waals surface area contributed by atoms with Crippen LogP contribution in [0.4, 0.5) is 11.6 Å². The van der Waals surface area contributed by atoms with Gasteiger partial charge in [0.05, 0.1) is 14.2 Å². The van der Waals surface area contributed by atoms with E-state index in [0.29, 0.717) is 24.0 Å². The number of nitrogen functional groups attached to an aromatic ring is 1. The summed E-state index contributed by atoms with van der Waals surface area (Å²) in [6, 6.07) is 7.41. The first-order chi connectivity index (χ1) is 10.2. The van der Waals surface area contributed by atoms with Crippen LogP contribution in [0.1, 0.15) is 11.4 Å². The molecule has 0 amide bonds. The zero-order chi connectivity index (χ0) is 15.2. The lowest BCUT2D eigenvalue weighted by atomic mass is 10.2. The fourth-order valence-electron chi connectivity index (χ4n) is 1.92. The van der Waals surface area contributed by atoms with Crippen LogP contribution in [0.3, 0.4) is 0 Å². The zero-order valence-electron chi connectivity index (χ0n) is 12.3. The number of ether oxygens (including phenoxy) is 2. The molecular weight excluding hydrogens is 270 g/mol. The first-order valence-electron chi connectivity index (χ1n) is 6.43. The van der Waals surface area contributed by atoms with Gasteiger partial charge in [-0.25, -0.2) is 15.8 Å². The molecule has 0 spiro atoms. The third-order valence-electron chi connectivity index (χ3n) is 2.94. The molecule has 21 heavy (non-hydrogen) atoms. The molecule has 1 aromatic carbocycles. The van der Waals surface area contributed by atoms with Gasteiger partial charge in [0.2, 0.25) is 0 Å². The molecule has 0 saturated carbocycles. The number of methoxy groups -OCH3 is 2. The van der Waals surface area contributed by atoms with E-state index in [2.05, 4.69) is 20.7 Å². The summed E-state index contributed by atoms with van der Waals surface area (Å²) in [6.45, 7) is 2.37. The first kappa shape index (κ1) is 14.9. The Morgan fingerprint density at radius 3 is 2.52 bits per heavy atom. The van der Waals surface area contributed by atoms with Crippen molar-refractivity contribution in [1.82, 2.24) is 9.97 Å². The fraction of sp³-hybridized carbons (Fsp3) is 0.286. The molecule has 0 aliphatic heterocycles. The Morgan fingerprint density at radius 2 is 1.86 bits per heavy atom. The van der Waals surface area contributed by atoms with Crippen molar-refractivity contribution in [2.24, 2.45) is 5.84 Å². The van der Waals surface area contributed by atoms with E-state index in [0.717, 1.165) is 17.1 Å². The van der Waals surface area contributed by atoms with E-state index in [9.17, 15) is 0 Å². The molecule has 0 aliphatic rings. The number of rotatable bonds is 6. The number of anilines is 2. The summed E-state index contributed by atoms with van der Waals surface area (Å²) in [6.07, 6.45) is 0. The van der Waals surface area contributed by atoms with Crippen molar-refractivity contribution in [3.63, 3.8) is 0 Å². The van der Waals surface area contributed by atoms with Crippen molar-refractivity contribution in [1.29, 1.82) is 0 Å². The lowest BCUT2D eigenvalue weighted by molar-refractivity contribution is 0.391. The molecule has 0 bridgehead atoms. The van der Waals surface area contributed by atoms with Crippen molar-refractivity contribution >= 4 is 11.6 Å². The van der Waals surface area contributed by atoms with Crippen LogP contribution in [0.15, 0.2) is 24.3 Å². The molecule has 0 aliphatic carbocycles. The molecule has 0 unspecified atom stereocenters. The lowest BCUT2D eigenvalue weighted by Crippen LogP contribution is -2.11. The minimum Gasteiger partial charge on any atom is -0.497 e. The van der Waals surface area contributed by atoms with Crippen LogP contribution in [0.25, 0.3) is 0 Å². The van der Waals surface area contributed by atoms with Crippen molar-refractivity contribution in [3.8, 4) is 11.5 Å². The molecule has 1 aromatic heterocycles. The molecule has 0 fully saturated rings. The summed E-state index contributed by atoms with van der Waals surface area (Å²) in [4.78, 5) is 8.44. The van der Waals surface area contributed by atoms with Gasteiger partial charge in [-0.3, -0.25) is 0 Å². The van der Waals surface area contributed by atoms with Crippen molar-refractivity contribution in [3.05, 3.63) is 35.7 Å². The van der Waals surface area contributed by atoms with Gasteiger partial charge >= 0.3 is 0 Å². The van der Waals surface area contributed by atoms with Gasteiger partial charge in [-0.2, -0.15) is 0 Å². The number of hydrogen-bond acceptors (Lipinski definition) is 7. The highest BCUT2D eigenvalue weighted by Gasteiger charge is 2.06. The molecule has 112 valence electrons. The van der Waals surface area contributed by atoms with Crippen LogP contribution in [0.5, 0.6) is 11.5 Å². The fourth-order valence-corrected chi connectivity index (χ4v) is 1.92. The first-order valence-corrected chi connectivity index (χ1v) is 6.43. The molecule has 2 aromatic rings. The monoisotopic (exact) mass is 289 g/mol. The predicted octanol–water partition coefficient (Wildman–Crippen LogP) is 1.70. The number of nitrogens with one attached hydrogen (secondary N) is 2. The normalized spacial score (nSPS) is 10.1. The van der Waals surface area contributed by atoms with Crippen molar-refractivity contribution in [2.45, 2.75) is 13.5 Å². The Bertz CT molecular complexity index is 618. The SMILES string of the molecule is COc1ccc(CNc2cc(NN)nc(C)n2)c(OC)c1. The molecule has 0 saturated heterocycles. The molecule has 7 nitrogen and oxygen atoms in total. The molecule has 4 N–H and O–H groups in total. The van der Waals surface area contributed by atoms with Gasteiger partial charge in [-0.15, -0.1) is 0 Å². The molecule has 7 heteroatoms. The third-order valence-corrected chi connectivity index (χ3v) is 2.94. The number of hydrazine groups is 1. The molecule has 2 rings (SSSR count). The van der Waals surface area contributed by atoms with E-state index in [1.54, 1.807) is 27.2 Å². The number of hydrogen-bond donors (Lipinski definition) is 3. The summed E-state index contributed by atoms with van der Waals surface area (Å²) in [7, 11) is 3.25. The third kappa shape index (κ3) is 3.73. The highest BCUT2D eigenvalue weighted by molar-refractivity contribution is 5.48. The minimum absolute atomic E-state index is 0.562. The number of nitrogens with two attached hydrogens (primary N) is 1. The zero-order valence-corrected chi connectivity index (χ0v) is 12.3. The van der Waals surface area contributed by atoms with E-state index < -0.39 is 0 Å². The number of benzene rings is 1. The maximum absolute atomic E-state index is 5.37. The predicted molar refractivity (Wildman–Crippen MR) is 81.5 cm³/mol. The van der Waals surface area contributed by atoms with Gasteiger partial charge in [0.25, 0.3) is 0 Å². The Balaban J connectivity index is 2.14. The van der Waals surface area contributed by atoms with Gasteiger partial charge in [-0.05, 0) is 19.1 Å². The van der Waals surface area contributed by atoms with Crippen LogP contribution in [0, 0.1) is 6.92 Å². The smallest absolute Gasteiger partial charge is 0.145 e. The highest BCUT2D eigenvalue weighted by atomic mass is 16.5.